The first-order valence-corrected chi connectivity index (χ1v) is 7.19. The van der Waals surface area contributed by atoms with Gasteiger partial charge in [0.15, 0.2) is 0 Å². The minimum Gasteiger partial charge on any atom is -0.373 e. The number of nitrogens with one attached hydrogen (secondary N) is 1. The van der Waals surface area contributed by atoms with Crippen LogP contribution in [-0.4, -0.2) is 12.0 Å². The van der Waals surface area contributed by atoms with Gasteiger partial charge < -0.3 is 10.1 Å². The van der Waals surface area contributed by atoms with Gasteiger partial charge in [0, 0.05) is 18.8 Å². The van der Waals surface area contributed by atoms with Crippen molar-refractivity contribution in [3.8, 4) is 0 Å². The molecular formula is C17H20N2O. The summed E-state index contributed by atoms with van der Waals surface area (Å²) in [4.78, 5) is 4.31. The average molecular weight is 268 g/mol. The molecule has 2 aromatic rings. The Bertz CT molecular complexity index is 583. The van der Waals surface area contributed by atoms with E-state index in [9.17, 15) is 0 Å². The van der Waals surface area contributed by atoms with Crippen LogP contribution in [0.15, 0.2) is 42.6 Å². The van der Waals surface area contributed by atoms with Gasteiger partial charge in [-0.1, -0.05) is 30.3 Å². The van der Waals surface area contributed by atoms with Crippen LogP contribution in [0.1, 0.15) is 35.6 Å². The van der Waals surface area contributed by atoms with Crippen molar-refractivity contribution in [1.29, 1.82) is 0 Å². The van der Waals surface area contributed by atoms with Crippen molar-refractivity contribution in [2.75, 3.05) is 12.4 Å². The molecule has 0 saturated carbocycles. The summed E-state index contributed by atoms with van der Waals surface area (Å²) in [5.41, 5.74) is 3.90. The third-order valence-electron chi connectivity index (χ3n) is 3.88. The third-order valence-corrected chi connectivity index (χ3v) is 3.88. The average Bonchev–Trinajstić information content (AvgIpc) is 2.53. The predicted octanol–water partition coefficient (Wildman–Crippen LogP) is 3.72. The topological polar surface area (TPSA) is 34.2 Å². The number of hydrogen-bond donors (Lipinski definition) is 1. The monoisotopic (exact) mass is 268 g/mol. The van der Waals surface area contributed by atoms with Crippen LogP contribution < -0.4 is 5.32 Å². The van der Waals surface area contributed by atoms with E-state index >= 15 is 0 Å². The minimum absolute atomic E-state index is 0.213. The number of fused-ring (bicyclic) bond motifs is 1. The molecule has 0 bridgehead atoms. The zero-order valence-electron chi connectivity index (χ0n) is 11.8. The summed E-state index contributed by atoms with van der Waals surface area (Å²) in [6.45, 7) is 0.600. The summed E-state index contributed by atoms with van der Waals surface area (Å²) in [6.07, 6.45) is 5.49. The van der Waals surface area contributed by atoms with Crippen molar-refractivity contribution in [3.63, 3.8) is 0 Å². The lowest BCUT2D eigenvalue weighted by atomic mass is 9.89. The van der Waals surface area contributed by atoms with Gasteiger partial charge in [-0.05, 0) is 36.5 Å². The molecule has 3 rings (SSSR count). The number of aromatic nitrogens is 1. The molecule has 0 radical (unpaired) electrons. The van der Waals surface area contributed by atoms with Gasteiger partial charge in [0.1, 0.15) is 5.82 Å². The maximum absolute atomic E-state index is 6.16. The molecule has 20 heavy (non-hydrogen) atoms. The normalized spacial score (nSPS) is 17.6. The lowest BCUT2D eigenvalue weighted by Crippen LogP contribution is -2.13. The molecule has 1 aliphatic carbocycles. The zero-order chi connectivity index (χ0) is 13.8. The number of hydrogen-bond acceptors (Lipinski definition) is 3. The van der Waals surface area contributed by atoms with Crippen molar-refractivity contribution in [1.82, 2.24) is 4.98 Å². The van der Waals surface area contributed by atoms with Crippen LogP contribution in [0.25, 0.3) is 0 Å². The molecule has 3 nitrogen and oxygen atoms in total. The Morgan fingerprint density at radius 1 is 1.25 bits per heavy atom. The van der Waals surface area contributed by atoms with Gasteiger partial charge >= 0.3 is 0 Å². The molecule has 0 spiro atoms. The molecule has 1 atom stereocenters. The summed E-state index contributed by atoms with van der Waals surface area (Å²) in [5.74, 6) is 0.900. The highest BCUT2D eigenvalue weighted by molar-refractivity contribution is 5.42. The standard InChI is InChI=1S/C17H20N2O/c1-18-17-14(8-5-11-19-17)12-20-16-10-4-7-13-6-2-3-9-15(13)16/h2-3,5-6,8-9,11,16H,4,7,10,12H2,1H3,(H,18,19). The van der Waals surface area contributed by atoms with Crippen LogP contribution >= 0.6 is 0 Å². The second-order valence-electron chi connectivity index (χ2n) is 5.15. The summed E-state index contributed by atoms with van der Waals surface area (Å²) in [7, 11) is 1.89. The first kappa shape index (κ1) is 13.1. The molecule has 0 amide bonds. The molecule has 104 valence electrons. The maximum Gasteiger partial charge on any atom is 0.131 e. The first-order chi connectivity index (χ1) is 9.88. The summed E-state index contributed by atoms with van der Waals surface area (Å²) >= 11 is 0. The molecule has 1 aromatic heterocycles. The Morgan fingerprint density at radius 2 is 2.15 bits per heavy atom. The Labute approximate surface area is 120 Å². The van der Waals surface area contributed by atoms with Crippen molar-refractivity contribution in [2.45, 2.75) is 32.0 Å². The van der Waals surface area contributed by atoms with E-state index in [2.05, 4.69) is 40.6 Å². The fourth-order valence-electron chi connectivity index (χ4n) is 2.85. The summed E-state index contributed by atoms with van der Waals surface area (Å²) in [6, 6.07) is 12.6. The van der Waals surface area contributed by atoms with Gasteiger partial charge in [-0.2, -0.15) is 0 Å². The Kier molecular flexibility index (Phi) is 3.97. The predicted molar refractivity (Wildman–Crippen MR) is 80.7 cm³/mol. The highest BCUT2D eigenvalue weighted by Gasteiger charge is 2.20. The van der Waals surface area contributed by atoms with Crippen LogP contribution in [0, 0.1) is 0 Å². The van der Waals surface area contributed by atoms with Gasteiger partial charge in [-0.3, -0.25) is 0 Å². The molecule has 1 aromatic carbocycles. The number of aryl methyl sites for hydroxylation is 1. The van der Waals surface area contributed by atoms with Gasteiger partial charge in [-0.25, -0.2) is 4.98 Å². The van der Waals surface area contributed by atoms with Crippen LogP contribution in [0.4, 0.5) is 5.82 Å². The summed E-state index contributed by atoms with van der Waals surface area (Å²) < 4.78 is 6.16. The minimum atomic E-state index is 0.213. The Morgan fingerprint density at radius 3 is 3.05 bits per heavy atom. The van der Waals surface area contributed by atoms with E-state index in [-0.39, 0.29) is 6.10 Å². The third kappa shape index (κ3) is 2.68. The van der Waals surface area contributed by atoms with Crippen LogP contribution in [0.2, 0.25) is 0 Å². The van der Waals surface area contributed by atoms with Crippen molar-refractivity contribution in [2.24, 2.45) is 0 Å². The smallest absolute Gasteiger partial charge is 0.131 e. The van der Waals surface area contributed by atoms with Gasteiger partial charge in [-0.15, -0.1) is 0 Å². The molecule has 0 aliphatic heterocycles. The number of rotatable bonds is 4. The Balaban J connectivity index is 1.73. The zero-order valence-corrected chi connectivity index (χ0v) is 11.8. The van der Waals surface area contributed by atoms with E-state index in [4.69, 9.17) is 4.74 Å². The molecule has 1 N–H and O–H groups in total. The molecule has 1 aliphatic rings. The fourth-order valence-corrected chi connectivity index (χ4v) is 2.85. The largest absolute Gasteiger partial charge is 0.373 e. The molecule has 1 unspecified atom stereocenters. The SMILES string of the molecule is CNc1ncccc1COC1CCCc2ccccc21. The fraction of sp³-hybridized carbons (Fsp3) is 0.353. The van der Waals surface area contributed by atoms with E-state index in [0.29, 0.717) is 6.61 Å². The number of benzene rings is 1. The number of pyridine rings is 1. The molecular weight excluding hydrogens is 248 g/mol. The number of anilines is 1. The molecule has 3 heteroatoms. The van der Waals surface area contributed by atoms with Crippen LogP contribution in [0.3, 0.4) is 0 Å². The number of nitrogens with zero attached hydrogens (tertiary/aromatic N) is 1. The van der Waals surface area contributed by atoms with Crippen molar-refractivity contribution in [3.05, 3.63) is 59.3 Å². The van der Waals surface area contributed by atoms with E-state index in [1.54, 1.807) is 6.20 Å². The molecule has 0 fully saturated rings. The van der Waals surface area contributed by atoms with Crippen molar-refractivity contribution < 1.29 is 4.74 Å². The highest BCUT2D eigenvalue weighted by Crippen LogP contribution is 2.33. The quantitative estimate of drug-likeness (QED) is 0.917. The summed E-state index contributed by atoms with van der Waals surface area (Å²) in [5, 5.41) is 3.11. The van der Waals surface area contributed by atoms with Crippen LogP contribution in [-0.2, 0) is 17.8 Å². The lowest BCUT2D eigenvalue weighted by molar-refractivity contribution is 0.0284. The second-order valence-corrected chi connectivity index (χ2v) is 5.15. The first-order valence-electron chi connectivity index (χ1n) is 7.19. The molecule has 0 saturated heterocycles. The van der Waals surface area contributed by atoms with E-state index in [1.165, 1.54) is 24.0 Å². The van der Waals surface area contributed by atoms with Gasteiger partial charge in [0.05, 0.1) is 12.7 Å². The second kappa shape index (κ2) is 6.06. The lowest BCUT2D eigenvalue weighted by Gasteiger charge is -2.26. The van der Waals surface area contributed by atoms with E-state index in [1.807, 2.05) is 13.1 Å². The van der Waals surface area contributed by atoms with Crippen LogP contribution in [0.5, 0.6) is 0 Å². The van der Waals surface area contributed by atoms with Crippen molar-refractivity contribution >= 4 is 5.82 Å². The van der Waals surface area contributed by atoms with E-state index < -0.39 is 0 Å². The van der Waals surface area contributed by atoms with Gasteiger partial charge in [0.25, 0.3) is 0 Å². The van der Waals surface area contributed by atoms with Gasteiger partial charge in [0.2, 0.25) is 0 Å². The van der Waals surface area contributed by atoms with E-state index in [0.717, 1.165) is 17.8 Å². The maximum atomic E-state index is 6.16. The highest BCUT2D eigenvalue weighted by atomic mass is 16.5. The number of ether oxygens (including phenoxy) is 1. The molecule has 1 heterocycles. The Hall–Kier alpha value is -1.87.